The molecule has 1 aromatic heterocycles. The van der Waals surface area contributed by atoms with Gasteiger partial charge in [-0.15, -0.1) is 5.46 Å². The van der Waals surface area contributed by atoms with Gasteiger partial charge in [-0.25, -0.2) is 4.98 Å². The van der Waals surface area contributed by atoms with Gasteiger partial charge in [0, 0.05) is 25.9 Å². The fourth-order valence-corrected chi connectivity index (χ4v) is 2.00. The van der Waals surface area contributed by atoms with Crippen LogP contribution in [-0.4, -0.2) is 23.1 Å². The van der Waals surface area contributed by atoms with Crippen LogP contribution in [0.3, 0.4) is 0 Å². The van der Waals surface area contributed by atoms with Gasteiger partial charge in [-0.05, 0) is 19.1 Å². The SMILES string of the molecule is Cc1cc(OCCc2nccn2C)ccc1[B-](F)(F)F. The minimum atomic E-state index is -4.97. The van der Waals surface area contributed by atoms with E-state index < -0.39 is 12.4 Å². The van der Waals surface area contributed by atoms with Gasteiger partial charge in [-0.3, -0.25) is 0 Å². The molecule has 0 atom stereocenters. The Balaban J connectivity index is 1.97. The number of benzene rings is 1. The zero-order chi connectivity index (χ0) is 14.8. The molecule has 2 rings (SSSR count). The van der Waals surface area contributed by atoms with Crippen LogP contribution < -0.4 is 10.2 Å². The zero-order valence-corrected chi connectivity index (χ0v) is 11.3. The molecule has 1 heterocycles. The van der Waals surface area contributed by atoms with Crippen molar-refractivity contribution < 1.29 is 17.7 Å². The van der Waals surface area contributed by atoms with Gasteiger partial charge in [0.15, 0.2) is 0 Å². The first-order valence-corrected chi connectivity index (χ1v) is 6.27. The lowest BCUT2D eigenvalue weighted by molar-refractivity contribution is 0.317. The summed E-state index contributed by atoms with van der Waals surface area (Å²) in [6.45, 7) is -3.15. The van der Waals surface area contributed by atoms with Crippen molar-refractivity contribution in [3.8, 4) is 5.75 Å². The number of nitrogens with zero attached hydrogens (tertiary/aromatic N) is 2. The van der Waals surface area contributed by atoms with Crippen molar-refractivity contribution in [2.45, 2.75) is 13.3 Å². The molecular formula is C13H15BF3N2O-. The molecule has 0 saturated carbocycles. The van der Waals surface area contributed by atoms with E-state index in [4.69, 9.17) is 4.74 Å². The predicted molar refractivity (Wildman–Crippen MR) is 72.3 cm³/mol. The molecule has 1 aromatic carbocycles. The van der Waals surface area contributed by atoms with Crippen LogP contribution in [0.25, 0.3) is 0 Å². The molecule has 0 unspecified atom stereocenters. The highest BCUT2D eigenvalue weighted by Crippen LogP contribution is 2.17. The Morgan fingerprint density at radius 1 is 1.30 bits per heavy atom. The number of hydrogen-bond acceptors (Lipinski definition) is 2. The molecule has 0 aliphatic carbocycles. The van der Waals surface area contributed by atoms with Crippen LogP contribution in [-0.2, 0) is 13.5 Å². The van der Waals surface area contributed by atoms with E-state index in [-0.39, 0.29) is 5.56 Å². The lowest BCUT2D eigenvalue weighted by atomic mass is 9.77. The molecule has 0 fully saturated rings. The van der Waals surface area contributed by atoms with Crippen molar-refractivity contribution in [3.05, 3.63) is 42.0 Å². The third kappa shape index (κ3) is 3.34. The van der Waals surface area contributed by atoms with Crippen LogP contribution in [0.1, 0.15) is 11.4 Å². The molecule has 3 nitrogen and oxygen atoms in total. The van der Waals surface area contributed by atoms with Crippen LogP contribution in [0.4, 0.5) is 12.9 Å². The molecule has 0 bridgehead atoms. The van der Waals surface area contributed by atoms with E-state index in [1.807, 2.05) is 17.8 Å². The third-order valence-corrected chi connectivity index (χ3v) is 3.11. The number of aromatic nitrogens is 2. The van der Waals surface area contributed by atoms with Crippen molar-refractivity contribution in [2.75, 3.05) is 6.61 Å². The molecule has 0 amide bonds. The van der Waals surface area contributed by atoms with Crippen LogP contribution in [0, 0.1) is 6.92 Å². The Hall–Kier alpha value is -1.92. The number of hydrogen-bond donors (Lipinski definition) is 0. The van der Waals surface area contributed by atoms with Crippen molar-refractivity contribution in [1.29, 1.82) is 0 Å². The van der Waals surface area contributed by atoms with E-state index in [1.165, 1.54) is 19.1 Å². The Morgan fingerprint density at radius 2 is 2.05 bits per heavy atom. The number of halogens is 3. The van der Waals surface area contributed by atoms with Gasteiger partial charge in [0.25, 0.3) is 0 Å². The first kappa shape index (κ1) is 14.5. The number of imidazole rings is 1. The molecule has 0 saturated heterocycles. The summed E-state index contributed by atoms with van der Waals surface area (Å²) >= 11 is 0. The highest BCUT2D eigenvalue weighted by Gasteiger charge is 2.27. The average molecular weight is 283 g/mol. The van der Waals surface area contributed by atoms with E-state index in [2.05, 4.69) is 4.98 Å². The smallest absolute Gasteiger partial charge is 0.493 e. The molecule has 0 aliphatic rings. The summed E-state index contributed by atoms with van der Waals surface area (Å²) in [7, 11) is 1.88. The molecular weight excluding hydrogens is 268 g/mol. The van der Waals surface area contributed by atoms with Crippen LogP contribution in [0.15, 0.2) is 30.6 Å². The first-order valence-electron chi connectivity index (χ1n) is 6.27. The fourth-order valence-electron chi connectivity index (χ4n) is 2.00. The predicted octanol–water partition coefficient (Wildman–Crippen LogP) is 2.40. The van der Waals surface area contributed by atoms with Crippen LogP contribution in [0.5, 0.6) is 5.75 Å². The topological polar surface area (TPSA) is 27.1 Å². The lowest BCUT2D eigenvalue weighted by Crippen LogP contribution is -2.35. The summed E-state index contributed by atoms with van der Waals surface area (Å²) in [6, 6.07) is 3.85. The van der Waals surface area contributed by atoms with Gasteiger partial charge >= 0.3 is 6.98 Å². The number of rotatable bonds is 5. The maximum Gasteiger partial charge on any atom is 0.509 e. The Bertz CT molecular complexity index is 596. The normalized spacial score (nSPS) is 11.7. The molecule has 2 aromatic rings. The monoisotopic (exact) mass is 283 g/mol. The third-order valence-electron chi connectivity index (χ3n) is 3.11. The quantitative estimate of drug-likeness (QED) is 0.788. The van der Waals surface area contributed by atoms with Gasteiger partial charge < -0.3 is 22.3 Å². The Morgan fingerprint density at radius 3 is 2.60 bits per heavy atom. The summed E-state index contributed by atoms with van der Waals surface area (Å²) in [5.74, 6) is 1.32. The average Bonchev–Trinajstić information content (AvgIpc) is 2.73. The van der Waals surface area contributed by atoms with Crippen molar-refractivity contribution >= 4 is 12.4 Å². The van der Waals surface area contributed by atoms with Crippen LogP contribution in [0.2, 0.25) is 0 Å². The van der Waals surface area contributed by atoms with Gasteiger partial charge in [-0.1, -0.05) is 11.6 Å². The molecule has 108 valence electrons. The van der Waals surface area contributed by atoms with E-state index in [0.717, 1.165) is 11.9 Å². The second-order valence-corrected chi connectivity index (χ2v) is 4.65. The van der Waals surface area contributed by atoms with Gasteiger partial charge in [0.1, 0.15) is 11.6 Å². The minimum absolute atomic E-state index is 0.187. The minimum Gasteiger partial charge on any atom is -0.493 e. The van der Waals surface area contributed by atoms with E-state index in [9.17, 15) is 12.9 Å². The van der Waals surface area contributed by atoms with Crippen LogP contribution >= 0.6 is 0 Å². The van der Waals surface area contributed by atoms with Gasteiger partial charge in [-0.2, -0.15) is 0 Å². The van der Waals surface area contributed by atoms with Crippen molar-refractivity contribution in [2.24, 2.45) is 7.05 Å². The first-order chi connectivity index (χ1) is 9.38. The summed E-state index contributed by atoms with van der Waals surface area (Å²) in [6.07, 6.45) is 4.13. The second-order valence-electron chi connectivity index (χ2n) is 4.65. The zero-order valence-electron chi connectivity index (χ0n) is 11.3. The second kappa shape index (κ2) is 5.60. The Labute approximate surface area is 115 Å². The molecule has 0 spiro atoms. The molecule has 0 aliphatic heterocycles. The highest BCUT2D eigenvalue weighted by atomic mass is 19.4. The largest absolute Gasteiger partial charge is 0.509 e. The molecule has 0 N–H and O–H groups in total. The van der Waals surface area contributed by atoms with Gasteiger partial charge in [0.05, 0.1) is 6.61 Å². The summed E-state index contributed by atoms with van der Waals surface area (Å²) in [5, 5.41) is 0. The summed E-state index contributed by atoms with van der Waals surface area (Å²) in [4.78, 5) is 4.15. The summed E-state index contributed by atoms with van der Waals surface area (Å²) in [5.41, 5.74) is -0.381. The number of ether oxygens (including phenoxy) is 1. The van der Waals surface area contributed by atoms with Crippen molar-refractivity contribution in [3.63, 3.8) is 0 Å². The van der Waals surface area contributed by atoms with Gasteiger partial charge in [0.2, 0.25) is 0 Å². The van der Waals surface area contributed by atoms with Crippen molar-refractivity contribution in [1.82, 2.24) is 9.55 Å². The van der Waals surface area contributed by atoms with E-state index >= 15 is 0 Å². The van der Waals surface area contributed by atoms with E-state index in [0.29, 0.717) is 18.8 Å². The molecule has 0 radical (unpaired) electrons. The highest BCUT2D eigenvalue weighted by molar-refractivity contribution is 6.74. The molecule has 7 heteroatoms. The number of aryl methyl sites for hydroxylation is 2. The lowest BCUT2D eigenvalue weighted by Gasteiger charge is -2.18. The van der Waals surface area contributed by atoms with E-state index in [1.54, 1.807) is 6.20 Å². The maximum absolute atomic E-state index is 12.7. The molecule has 20 heavy (non-hydrogen) atoms. The Kier molecular flexibility index (Phi) is 4.06. The summed E-state index contributed by atoms with van der Waals surface area (Å²) < 4.78 is 45.4. The maximum atomic E-state index is 12.7. The fraction of sp³-hybridized carbons (Fsp3) is 0.308. The standard InChI is InChI=1S/C13H15BF3N2O/c1-10-9-11(3-4-12(10)14(15,16)17)20-8-5-13-18-6-7-19(13)2/h3-4,6-7,9H,5,8H2,1-2H3/q-1.